The van der Waals surface area contributed by atoms with Gasteiger partial charge in [-0.15, -0.1) is 0 Å². The number of carbonyl (C=O) groups excluding carboxylic acids is 5. The van der Waals surface area contributed by atoms with E-state index in [9.17, 15) is 24.0 Å². The van der Waals surface area contributed by atoms with E-state index in [1.54, 1.807) is 156 Å². The number of rotatable bonds is 11. The average molecular weight is 771 g/mol. The Hall–Kier alpha value is -6.59. The minimum absolute atomic E-state index is 0.174. The van der Waals surface area contributed by atoms with Crippen LogP contribution in [0.15, 0.2) is 121 Å². The number of ether oxygens (including phenoxy) is 6. The van der Waals surface area contributed by atoms with Crippen molar-refractivity contribution < 1.29 is 52.4 Å². The van der Waals surface area contributed by atoms with Crippen molar-refractivity contribution in [3.05, 3.63) is 177 Å². The Labute approximate surface area is 330 Å². The summed E-state index contributed by atoms with van der Waals surface area (Å²) in [5.74, 6) is -4.09. The number of hydrogen-bond acceptors (Lipinski definition) is 11. The molecule has 0 aromatic heterocycles. The second-order valence-corrected chi connectivity index (χ2v) is 13.7. The Kier molecular flexibility index (Phi) is 12.6. The SMILES string of the molecule is Cc1ccccc1C(=O)OC[C@H]1OC(OC(=O)c2ccccc2C)[C@H](OC(=O)c2ccccc2C)[C@@H](OC(=O)c2ccccc2C)[C@@H]1OC(=O)c1ccccc1C. The highest BCUT2D eigenvalue weighted by molar-refractivity contribution is 5.94. The molecule has 57 heavy (non-hydrogen) atoms. The van der Waals surface area contributed by atoms with Crippen LogP contribution in [0.25, 0.3) is 0 Å². The molecule has 0 radical (unpaired) electrons. The van der Waals surface area contributed by atoms with Crippen LogP contribution >= 0.6 is 0 Å². The summed E-state index contributed by atoms with van der Waals surface area (Å²) in [5.41, 5.74) is 3.97. The molecule has 1 fully saturated rings. The van der Waals surface area contributed by atoms with Crippen LogP contribution in [0.5, 0.6) is 0 Å². The number of carbonyl (C=O) groups is 5. The van der Waals surface area contributed by atoms with E-state index in [1.165, 1.54) is 0 Å². The van der Waals surface area contributed by atoms with Gasteiger partial charge in [-0.05, 0) is 92.8 Å². The lowest BCUT2D eigenvalue weighted by molar-refractivity contribution is -0.282. The van der Waals surface area contributed by atoms with Crippen molar-refractivity contribution in [3.8, 4) is 0 Å². The molecule has 0 bridgehead atoms. The molecule has 0 amide bonds. The van der Waals surface area contributed by atoms with Crippen molar-refractivity contribution >= 4 is 29.8 Å². The van der Waals surface area contributed by atoms with Crippen LogP contribution in [-0.4, -0.2) is 67.2 Å². The van der Waals surface area contributed by atoms with Gasteiger partial charge in [0.15, 0.2) is 12.2 Å². The molecule has 0 saturated carbocycles. The Morgan fingerprint density at radius 2 is 0.702 bits per heavy atom. The lowest BCUT2D eigenvalue weighted by Crippen LogP contribution is -2.63. The van der Waals surface area contributed by atoms with E-state index in [-0.39, 0.29) is 27.8 Å². The summed E-state index contributed by atoms with van der Waals surface area (Å²) < 4.78 is 36.5. The molecule has 5 atom stereocenters. The van der Waals surface area contributed by atoms with Crippen molar-refractivity contribution in [1.29, 1.82) is 0 Å². The highest BCUT2D eigenvalue weighted by Crippen LogP contribution is 2.33. The Balaban J connectivity index is 1.47. The molecule has 6 rings (SSSR count). The molecule has 292 valence electrons. The molecule has 1 aliphatic rings. The summed E-state index contributed by atoms with van der Waals surface area (Å²) in [6, 6.07) is 33.5. The van der Waals surface area contributed by atoms with Gasteiger partial charge in [0.2, 0.25) is 12.4 Å². The zero-order valence-electron chi connectivity index (χ0n) is 32.1. The van der Waals surface area contributed by atoms with E-state index in [0.29, 0.717) is 27.8 Å². The standard InChI is InChI=1S/C46H42O11/c1-27-16-6-11-21-32(27)41(47)52-26-37-38(54-42(48)33-22-12-7-17-28(33)2)39(55-43(49)34-23-13-8-18-29(34)3)40(56-44(50)35-24-14-9-19-30(35)4)46(53-37)57-45(51)36-25-15-10-20-31(36)5/h6-25,37-40,46H,26H2,1-5H3/t37-,38-,39+,40-,46?/m1/s1. The van der Waals surface area contributed by atoms with Crippen molar-refractivity contribution in [3.63, 3.8) is 0 Å². The summed E-state index contributed by atoms with van der Waals surface area (Å²) in [6.45, 7) is 8.05. The van der Waals surface area contributed by atoms with Gasteiger partial charge < -0.3 is 28.4 Å². The smallest absolute Gasteiger partial charge is 0.340 e. The first kappa shape index (κ1) is 40.1. The quantitative estimate of drug-likeness (QED) is 0.0967. The number of esters is 5. The fraction of sp³-hybridized carbons (Fsp3) is 0.239. The Morgan fingerprint density at radius 3 is 1.07 bits per heavy atom. The maximum Gasteiger partial charge on any atom is 0.340 e. The fourth-order valence-corrected chi connectivity index (χ4v) is 6.48. The summed E-state index contributed by atoms with van der Waals surface area (Å²) in [5, 5.41) is 0. The second-order valence-electron chi connectivity index (χ2n) is 13.7. The maximum absolute atomic E-state index is 14.1. The number of hydrogen-bond donors (Lipinski definition) is 0. The molecular formula is C46H42O11. The first-order valence-electron chi connectivity index (χ1n) is 18.4. The summed E-state index contributed by atoms with van der Waals surface area (Å²) in [6.07, 6.45) is -8.17. The zero-order valence-corrected chi connectivity index (χ0v) is 32.1. The van der Waals surface area contributed by atoms with Crippen LogP contribution in [0.2, 0.25) is 0 Å². The van der Waals surface area contributed by atoms with Gasteiger partial charge in [0.25, 0.3) is 0 Å². The Bertz CT molecular complexity index is 2300. The first-order valence-corrected chi connectivity index (χ1v) is 18.4. The van der Waals surface area contributed by atoms with E-state index >= 15 is 0 Å². The third-order valence-electron chi connectivity index (χ3n) is 9.75. The van der Waals surface area contributed by atoms with Crippen LogP contribution in [0.4, 0.5) is 0 Å². The maximum atomic E-state index is 14.1. The van der Waals surface area contributed by atoms with Crippen molar-refractivity contribution in [2.45, 2.75) is 65.3 Å². The van der Waals surface area contributed by atoms with E-state index < -0.39 is 67.2 Å². The normalized spacial score (nSPS) is 18.8. The molecular weight excluding hydrogens is 728 g/mol. The van der Waals surface area contributed by atoms with Crippen molar-refractivity contribution in [1.82, 2.24) is 0 Å². The van der Waals surface area contributed by atoms with Crippen LogP contribution in [0, 0.1) is 34.6 Å². The van der Waals surface area contributed by atoms with Crippen LogP contribution < -0.4 is 0 Å². The van der Waals surface area contributed by atoms with E-state index in [1.807, 2.05) is 0 Å². The lowest BCUT2D eigenvalue weighted by atomic mass is 9.97. The molecule has 0 aliphatic carbocycles. The van der Waals surface area contributed by atoms with Crippen molar-refractivity contribution in [2.75, 3.05) is 6.61 Å². The fourth-order valence-electron chi connectivity index (χ4n) is 6.48. The molecule has 1 unspecified atom stereocenters. The predicted octanol–water partition coefficient (Wildman–Crippen LogP) is 7.64. The van der Waals surface area contributed by atoms with Gasteiger partial charge in [0.1, 0.15) is 12.7 Å². The topological polar surface area (TPSA) is 141 Å². The molecule has 1 heterocycles. The largest absolute Gasteiger partial charge is 0.459 e. The molecule has 5 aromatic carbocycles. The van der Waals surface area contributed by atoms with Crippen LogP contribution in [0.1, 0.15) is 79.6 Å². The minimum atomic E-state index is -1.77. The van der Waals surface area contributed by atoms with Gasteiger partial charge in [0.05, 0.1) is 27.8 Å². The molecule has 1 saturated heterocycles. The highest BCUT2D eigenvalue weighted by Gasteiger charge is 2.55. The van der Waals surface area contributed by atoms with Crippen molar-refractivity contribution in [2.24, 2.45) is 0 Å². The summed E-state index contributed by atoms with van der Waals surface area (Å²) in [4.78, 5) is 69.4. The van der Waals surface area contributed by atoms with Crippen LogP contribution in [-0.2, 0) is 28.4 Å². The second kappa shape index (κ2) is 17.9. The van der Waals surface area contributed by atoms with Gasteiger partial charge in [-0.1, -0.05) is 91.0 Å². The van der Waals surface area contributed by atoms with E-state index in [0.717, 1.165) is 0 Å². The average Bonchev–Trinajstić information content (AvgIpc) is 3.19. The zero-order chi connectivity index (χ0) is 40.6. The van der Waals surface area contributed by atoms with Gasteiger partial charge >= 0.3 is 29.8 Å². The molecule has 1 aliphatic heterocycles. The first-order chi connectivity index (χ1) is 27.4. The van der Waals surface area contributed by atoms with E-state index in [4.69, 9.17) is 28.4 Å². The summed E-state index contributed by atoms with van der Waals surface area (Å²) in [7, 11) is 0. The van der Waals surface area contributed by atoms with Gasteiger partial charge in [-0.25, -0.2) is 24.0 Å². The highest BCUT2D eigenvalue weighted by atomic mass is 16.7. The predicted molar refractivity (Wildman–Crippen MR) is 208 cm³/mol. The third kappa shape index (κ3) is 9.28. The third-order valence-corrected chi connectivity index (χ3v) is 9.75. The van der Waals surface area contributed by atoms with E-state index in [2.05, 4.69) is 0 Å². The van der Waals surface area contributed by atoms with Crippen LogP contribution in [0.3, 0.4) is 0 Å². The van der Waals surface area contributed by atoms with Gasteiger partial charge in [0, 0.05) is 0 Å². The molecule has 0 N–H and O–H groups in total. The number of benzene rings is 5. The van der Waals surface area contributed by atoms with Gasteiger partial charge in [-0.3, -0.25) is 0 Å². The molecule has 11 heteroatoms. The Morgan fingerprint density at radius 1 is 0.404 bits per heavy atom. The molecule has 5 aromatic rings. The molecule has 11 nitrogen and oxygen atoms in total. The minimum Gasteiger partial charge on any atom is -0.459 e. The molecule has 0 spiro atoms. The van der Waals surface area contributed by atoms with Gasteiger partial charge in [-0.2, -0.15) is 0 Å². The lowest BCUT2D eigenvalue weighted by Gasteiger charge is -2.44. The monoisotopic (exact) mass is 770 g/mol. The summed E-state index contributed by atoms with van der Waals surface area (Å²) >= 11 is 0. The number of aryl methyl sites for hydroxylation is 5.